The van der Waals surface area contributed by atoms with E-state index in [1.165, 1.54) is 0 Å². The van der Waals surface area contributed by atoms with E-state index in [0.717, 1.165) is 12.8 Å². The van der Waals surface area contributed by atoms with Crippen LogP contribution in [0.2, 0.25) is 0 Å². The molecule has 19 heavy (non-hydrogen) atoms. The lowest BCUT2D eigenvalue weighted by atomic mass is 9.81. The number of aliphatic carboxylic acids is 1. The maximum Gasteiger partial charge on any atom is 0.315 e. The SMILES string of the molecule is CC(C)C(C)(C)CNC(=O)NC(CC(=O)O)C1CC1. The van der Waals surface area contributed by atoms with Crippen molar-refractivity contribution in [2.45, 2.75) is 53.0 Å². The monoisotopic (exact) mass is 270 g/mol. The number of hydrogen-bond donors (Lipinski definition) is 3. The molecule has 1 rings (SSSR count). The van der Waals surface area contributed by atoms with Gasteiger partial charge in [0.25, 0.3) is 0 Å². The first-order valence-corrected chi connectivity index (χ1v) is 6.98. The number of carboxylic acid groups (broad SMARTS) is 1. The number of rotatable bonds is 7. The van der Waals surface area contributed by atoms with Crippen LogP contribution >= 0.6 is 0 Å². The number of carboxylic acids is 1. The van der Waals surface area contributed by atoms with Crippen LogP contribution in [0, 0.1) is 17.3 Å². The van der Waals surface area contributed by atoms with Crippen molar-refractivity contribution in [1.29, 1.82) is 0 Å². The number of urea groups is 1. The van der Waals surface area contributed by atoms with Gasteiger partial charge in [-0.25, -0.2) is 4.79 Å². The third kappa shape index (κ3) is 5.49. The highest BCUT2D eigenvalue weighted by atomic mass is 16.4. The van der Waals surface area contributed by atoms with E-state index in [4.69, 9.17) is 5.11 Å². The van der Waals surface area contributed by atoms with Gasteiger partial charge in [-0.2, -0.15) is 0 Å². The average Bonchev–Trinajstić information content (AvgIpc) is 3.08. The molecule has 0 aromatic carbocycles. The Morgan fingerprint density at radius 3 is 2.32 bits per heavy atom. The molecule has 5 nitrogen and oxygen atoms in total. The van der Waals surface area contributed by atoms with Crippen LogP contribution in [-0.4, -0.2) is 29.7 Å². The first-order chi connectivity index (χ1) is 8.72. The van der Waals surface area contributed by atoms with Crippen LogP contribution in [0.25, 0.3) is 0 Å². The fourth-order valence-electron chi connectivity index (χ4n) is 1.75. The van der Waals surface area contributed by atoms with E-state index in [2.05, 4.69) is 38.3 Å². The van der Waals surface area contributed by atoms with Gasteiger partial charge in [0.15, 0.2) is 0 Å². The second kappa shape index (κ2) is 6.26. The normalized spacial score (nSPS) is 17.1. The molecule has 1 unspecified atom stereocenters. The predicted octanol–water partition coefficient (Wildman–Crippen LogP) is 2.22. The number of amides is 2. The molecule has 1 saturated carbocycles. The van der Waals surface area contributed by atoms with Crippen LogP contribution in [0.3, 0.4) is 0 Å². The molecule has 2 amide bonds. The molecule has 1 fully saturated rings. The molecule has 110 valence electrons. The summed E-state index contributed by atoms with van der Waals surface area (Å²) in [5.41, 5.74) is 0.0270. The lowest BCUT2D eigenvalue weighted by Gasteiger charge is -2.29. The first-order valence-electron chi connectivity index (χ1n) is 6.98. The summed E-state index contributed by atoms with van der Waals surface area (Å²) >= 11 is 0. The first kappa shape index (κ1) is 15.8. The third-order valence-electron chi connectivity index (χ3n) is 4.17. The smallest absolute Gasteiger partial charge is 0.315 e. The predicted molar refractivity (Wildman–Crippen MR) is 73.9 cm³/mol. The van der Waals surface area contributed by atoms with Crippen molar-refractivity contribution in [2.24, 2.45) is 17.3 Å². The van der Waals surface area contributed by atoms with Gasteiger partial charge in [0.05, 0.1) is 6.42 Å². The molecule has 0 aliphatic heterocycles. The van der Waals surface area contributed by atoms with Gasteiger partial charge in [0.2, 0.25) is 0 Å². The number of hydrogen-bond acceptors (Lipinski definition) is 2. The Balaban J connectivity index is 2.38. The van der Waals surface area contributed by atoms with Crippen LogP contribution in [0.5, 0.6) is 0 Å². The van der Waals surface area contributed by atoms with Crippen molar-refractivity contribution < 1.29 is 14.7 Å². The number of carbonyl (C=O) groups is 2. The van der Waals surface area contributed by atoms with Crippen LogP contribution in [0.15, 0.2) is 0 Å². The Hall–Kier alpha value is -1.26. The van der Waals surface area contributed by atoms with E-state index in [9.17, 15) is 9.59 Å². The fourth-order valence-corrected chi connectivity index (χ4v) is 1.75. The summed E-state index contributed by atoms with van der Waals surface area (Å²) in [4.78, 5) is 22.6. The average molecular weight is 270 g/mol. The highest BCUT2D eigenvalue weighted by Gasteiger charge is 2.34. The highest BCUT2D eigenvalue weighted by Crippen LogP contribution is 2.34. The highest BCUT2D eigenvalue weighted by molar-refractivity contribution is 5.75. The van der Waals surface area contributed by atoms with Crippen molar-refractivity contribution in [3.63, 3.8) is 0 Å². The van der Waals surface area contributed by atoms with Gasteiger partial charge in [-0.1, -0.05) is 27.7 Å². The van der Waals surface area contributed by atoms with Crippen LogP contribution in [0.1, 0.15) is 47.0 Å². The summed E-state index contributed by atoms with van der Waals surface area (Å²) in [5, 5.41) is 14.5. The molecular formula is C14H26N2O3. The Morgan fingerprint density at radius 1 is 1.32 bits per heavy atom. The zero-order chi connectivity index (χ0) is 14.6. The Morgan fingerprint density at radius 2 is 1.89 bits per heavy atom. The molecule has 0 bridgehead atoms. The summed E-state index contributed by atoms with van der Waals surface area (Å²) < 4.78 is 0. The van der Waals surface area contributed by atoms with E-state index < -0.39 is 5.97 Å². The number of nitrogens with one attached hydrogen (secondary N) is 2. The van der Waals surface area contributed by atoms with Crippen molar-refractivity contribution in [3.05, 3.63) is 0 Å². The zero-order valence-electron chi connectivity index (χ0n) is 12.3. The fraction of sp³-hybridized carbons (Fsp3) is 0.857. The van der Waals surface area contributed by atoms with Crippen molar-refractivity contribution >= 4 is 12.0 Å². The van der Waals surface area contributed by atoms with E-state index in [0.29, 0.717) is 18.4 Å². The quantitative estimate of drug-likeness (QED) is 0.663. The van der Waals surface area contributed by atoms with Gasteiger partial charge in [-0.05, 0) is 30.1 Å². The summed E-state index contributed by atoms with van der Waals surface area (Å²) in [7, 11) is 0. The molecule has 1 atom stereocenters. The molecular weight excluding hydrogens is 244 g/mol. The third-order valence-corrected chi connectivity index (χ3v) is 4.17. The van der Waals surface area contributed by atoms with Gasteiger partial charge in [0, 0.05) is 12.6 Å². The Kier molecular flexibility index (Phi) is 5.20. The van der Waals surface area contributed by atoms with Gasteiger partial charge in [0.1, 0.15) is 0 Å². The minimum absolute atomic E-state index is 0.00562. The van der Waals surface area contributed by atoms with Gasteiger partial charge in [-0.15, -0.1) is 0 Å². The van der Waals surface area contributed by atoms with Gasteiger partial charge < -0.3 is 15.7 Å². The maximum atomic E-state index is 11.8. The minimum Gasteiger partial charge on any atom is -0.481 e. The van der Waals surface area contributed by atoms with Crippen LogP contribution in [-0.2, 0) is 4.79 Å². The molecule has 0 radical (unpaired) electrons. The summed E-state index contributed by atoms with van der Waals surface area (Å²) in [6.07, 6.45) is 2.02. The van der Waals surface area contributed by atoms with E-state index >= 15 is 0 Å². The lowest BCUT2D eigenvalue weighted by molar-refractivity contribution is -0.137. The molecule has 0 spiro atoms. The minimum atomic E-state index is -0.861. The van der Waals surface area contributed by atoms with Crippen molar-refractivity contribution in [2.75, 3.05) is 6.54 Å². The Labute approximate surface area is 115 Å². The van der Waals surface area contributed by atoms with Gasteiger partial charge in [-0.3, -0.25) is 4.79 Å². The second-order valence-corrected chi connectivity index (χ2v) is 6.51. The summed E-state index contributed by atoms with van der Waals surface area (Å²) in [6, 6.07) is -0.494. The van der Waals surface area contributed by atoms with E-state index in [1.54, 1.807) is 0 Å². The van der Waals surface area contributed by atoms with Gasteiger partial charge >= 0.3 is 12.0 Å². The molecule has 3 N–H and O–H groups in total. The van der Waals surface area contributed by atoms with E-state index in [1.807, 2.05) is 0 Å². The van der Waals surface area contributed by atoms with Crippen LogP contribution in [0.4, 0.5) is 4.79 Å². The number of carbonyl (C=O) groups excluding carboxylic acids is 1. The topological polar surface area (TPSA) is 78.4 Å². The maximum absolute atomic E-state index is 11.8. The molecule has 1 aliphatic carbocycles. The second-order valence-electron chi connectivity index (χ2n) is 6.51. The summed E-state index contributed by atoms with van der Waals surface area (Å²) in [5.74, 6) is -0.0642. The standard InChI is InChI=1S/C14H26N2O3/c1-9(2)14(3,4)8-15-13(19)16-11(7-12(17)18)10-5-6-10/h9-11H,5-8H2,1-4H3,(H,17,18)(H2,15,16,19). The Bertz CT molecular complexity index is 336. The van der Waals surface area contributed by atoms with Crippen LogP contribution < -0.4 is 10.6 Å². The van der Waals surface area contributed by atoms with E-state index in [-0.39, 0.29) is 23.9 Å². The molecule has 0 aromatic rings. The molecule has 0 heterocycles. The molecule has 0 aromatic heterocycles. The lowest BCUT2D eigenvalue weighted by Crippen LogP contribution is -2.47. The molecule has 1 aliphatic rings. The molecule has 0 saturated heterocycles. The molecule has 5 heteroatoms. The zero-order valence-corrected chi connectivity index (χ0v) is 12.3. The van der Waals surface area contributed by atoms with Crippen molar-refractivity contribution in [3.8, 4) is 0 Å². The van der Waals surface area contributed by atoms with Crippen molar-refractivity contribution in [1.82, 2.24) is 10.6 Å². The summed E-state index contributed by atoms with van der Waals surface area (Å²) in [6.45, 7) is 9.04. The largest absolute Gasteiger partial charge is 0.481 e.